The van der Waals surface area contributed by atoms with Gasteiger partial charge in [-0.15, -0.1) is 0 Å². The van der Waals surface area contributed by atoms with Crippen molar-refractivity contribution in [3.8, 4) is 5.75 Å². The molecule has 184 valence electrons. The molecule has 0 saturated carbocycles. The van der Waals surface area contributed by atoms with E-state index in [-0.39, 0.29) is 37.6 Å². The Bertz CT molecular complexity index is 1330. The summed E-state index contributed by atoms with van der Waals surface area (Å²) in [4.78, 5) is 14.0. The van der Waals surface area contributed by atoms with E-state index in [9.17, 15) is 22.0 Å². The highest BCUT2D eigenvalue weighted by molar-refractivity contribution is 7.89. The van der Waals surface area contributed by atoms with Crippen molar-refractivity contribution < 1.29 is 26.7 Å². The molecule has 35 heavy (non-hydrogen) atoms. The van der Waals surface area contributed by atoms with Gasteiger partial charge in [0.2, 0.25) is 10.0 Å². The Morgan fingerprint density at radius 1 is 0.943 bits per heavy atom. The van der Waals surface area contributed by atoms with E-state index in [1.54, 1.807) is 47.4 Å². The molecule has 3 aromatic carbocycles. The van der Waals surface area contributed by atoms with Crippen LogP contribution in [-0.2, 0) is 10.0 Å². The topological polar surface area (TPSA) is 78.9 Å². The van der Waals surface area contributed by atoms with Crippen LogP contribution < -0.4 is 15.0 Å². The first kappa shape index (κ1) is 24.6. The van der Waals surface area contributed by atoms with Gasteiger partial charge in [0.05, 0.1) is 18.0 Å². The van der Waals surface area contributed by atoms with Gasteiger partial charge in [-0.05, 0) is 49.4 Å². The van der Waals surface area contributed by atoms with Crippen molar-refractivity contribution >= 4 is 27.3 Å². The molecule has 0 unspecified atom stereocenters. The number of hydrogen-bond acceptors (Lipinski definition) is 5. The number of amides is 1. The number of sulfonamides is 1. The minimum Gasteiger partial charge on any atom is -0.492 e. The number of rotatable bonds is 7. The van der Waals surface area contributed by atoms with E-state index in [1.165, 1.54) is 12.1 Å². The Kier molecular flexibility index (Phi) is 7.32. The van der Waals surface area contributed by atoms with Gasteiger partial charge in [-0.1, -0.05) is 24.3 Å². The molecule has 0 spiro atoms. The van der Waals surface area contributed by atoms with Crippen LogP contribution >= 0.6 is 0 Å². The zero-order valence-corrected chi connectivity index (χ0v) is 19.9. The maximum absolute atomic E-state index is 14.7. The summed E-state index contributed by atoms with van der Waals surface area (Å²) < 4.78 is 61.9. The molecular weight excluding hydrogens is 476 g/mol. The molecule has 0 aliphatic carbocycles. The molecule has 1 N–H and O–H groups in total. The number of nitrogens with one attached hydrogen (secondary N) is 1. The Morgan fingerprint density at radius 2 is 1.63 bits per heavy atom. The van der Waals surface area contributed by atoms with Gasteiger partial charge in [-0.3, -0.25) is 4.79 Å². The molecule has 0 atom stereocenters. The van der Waals surface area contributed by atoms with Crippen molar-refractivity contribution in [3.05, 3.63) is 83.9 Å². The van der Waals surface area contributed by atoms with E-state index in [0.29, 0.717) is 23.7 Å². The van der Waals surface area contributed by atoms with Crippen LogP contribution in [0.15, 0.2) is 71.6 Å². The molecule has 1 aliphatic heterocycles. The van der Waals surface area contributed by atoms with E-state index in [4.69, 9.17) is 4.74 Å². The number of hydrogen-bond donors (Lipinski definition) is 1. The SMILES string of the molecule is CCOc1ccccc1NC(=O)c1ccc(F)c(S(=O)(=O)N2CCN(c3ccccc3F)CC2)c1. The van der Waals surface area contributed by atoms with E-state index >= 15 is 0 Å². The third-order valence-corrected chi connectivity index (χ3v) is 7.59. The standard InChI is InChI=1S/C25H25F2N3O4S/c1-2-34-23-10-6-4-8-21(23)28-25(31)18-11-12-20(27)24(17-18)35(32,33)30-15-13-29(14-16-30)22-9-5-3-7-19(22)26/h3-12,17H,2,13-16H2,1H3,(H,28,31). The molecule has 0 aromatic heterocycles. The number of piperazine rings is 1. The molecule has 1 amide bonds. The summed E-state index contributed by atoms with van der Waals surface area (Å²) in [6.45, 7) is 2.80. The van der Waals surface area contributed by atoms with E-state index in [0.717, 1.165) is 16.4 Å². The van der Waals surface area contributed by atoms with Crippen molar-refractivity contribution in [2.75, 3.05) is 43.0 Å². The smallest absolute Gasteiger partial charge is 0.255 e. The monoisotopic (exact) mass is 501 g/mol. The minimum atomic E-state index is -4.22. The van der Waals surface area contributed by atoms with E-state index in [2.05, 4.69) is 5.32 Å². The van der Waals surface area contributed by atoms with Crippen molar-refractivity contribution in [2.24, 2.45) is 0 Å². The van der Waals surface area contributed by atoms with Crippen molar-refractivity contribution in [1.82, 2.24) is 4.31 Å². The van der Waals surface area contributed by atoms with Crippen LogP contribution in [0.25, 0.3) is 0 Å². The number of para-hydroxylation sites is 3. The summed E-state index contributed by atoms with van der Waals surface area (Å²) in [6.07, 6.45) is 0. The van der Waals surface area contributed by atoms with Gasteiger partial charge in [0, 0.05) is 31.7 Å². The predicted octanol–water partition coefficient (Wildman–Crippen LogP) is 4.13. The van der Waals surface area contributed by atoms with E-state index in [1.807, 2.05) is 6.92 Å². The second-order valence-electron chi connectivity index (χ2n) is 7.87. The molecule has 1 heterocycles. The second-order valence-corrected chi connectivity index (χ2v) is 9.78. The largest absolute Gasteiger partial charge is 0.492 e. The molecule has 4 rings (SSSR count). The highest BCUT2D eigenvalue weighted by Crippen LogP contribution is 2.27. The Labute approximate surface area is 203 Å². The highest BCUT2D eigenvalue weighted by Gasteiger charge is 2.32. The van der Waals surface area contributed by atoms with Gasteiger partial charge in [-0.2, -0.15) is 4.31 Å². The zero-order valence-electron chi connectivity index (χ0n) is 19.1. The number of nitrogens with zero attached hydrogens (tertiary/aromatic N) is 2. The summed E-state index contributed by atoms with van der Waals surface area (Å²) in [6, 6.07) is 16.3. The molecule has 0 bridgehead atoms. The van der Waals surface area contributed by atoms with Crippen LogP contribution in [0.5, 0.6) is 5.75 Å². The summed E-state index contributed by atoms with van der Waals surface area (Å²) in [5.41, 5.74) is 0.792. The van der Waals surface area contributed by atoms with Gasteiger partial charge in [0.1, 0.15) is 22.3 Å². The highest BCUT2D eigenvalue weighted by atomic mass is 32.2. The second kappa shape index (κ2) is 10.4. The van der Waals surface area contributed by atoms with Crippen LogP contribution in [0.3, 0.4) is 0 Å². The lowest BCUT2D eigenvalue weighted by molar-refractivity contribution is 0.102. The van der Waals surface area contributed by atoms with Crippen LogP contribution in [0.1, 0.15) is 17.3 Å². The Morgan fingerprint density at radius 3 is 2.34 bits per heavy atom. The Hall–Kier alpha value is -3.50. The first-order valence-corrected chi connectivity index (χ1v) is 12.6. The van der Waals surface area contributed by atoms with Gasteiger partial charge >= 0.3 is 0 Å². The first-order valence-electron chi connectivity index (χ1n) is 11.1. The fourth-order valence-electron chi connectivity index (χ4n) is 3.90. The van der Waals surface area contributed by atoms with Gasteiger partial charge in [0.15, 0.2) is 0 Å². The molecule has 1 saturated heterocycles. The predicted molar refractivity (Wildman–Crippen MR) is 129 cm³/mol. The normalized spacial score (nSPS) is 14.5. The minimum absolute atomic E-state index is 0.0127. The Balaban J connectivity index is 1.52. The van der Waals surface area contributed by atoms with Gasteiger partial charge in [-0.25, -0.2) is 17.2 Å². The number of carbonyl (C=O) groups excluding carboxylic acids is 1. The number of anilines is 2. The number of benzene rings is 3. The number of carbonyl (C=O) groups is 1. The van der Waals surface area contributed by atoms with Gasteiger partial charge < -0.3 is 15.0 Å². The maximum atomic E-state index is 14.7. The average molecular weight is 502 g/mol. The molecule has 3 aromatic rings. The lowest BCUT2D eigenvalue weighted by Gasteiger charge is -2.35. The average Bonchev–Trinajstić information content (AvgIpc) is 2.86. The summed E-state index contributed by atoms with van der Waals surface area (Å²) in [7, 11) is -4.22. The lowest BCUT2D eigenvalue weighted by atomic mass is 10.2. The van der Waals surface area contributed by atoms with Crippen molar-refractivity contribution in [3.63, 3.8) is 0 Å². The third-order valence-electron chi connectivity index (χ3n) is 5.68. The molecule has 10 heteroatoms. The van der Waals surface area contributed by atoms with Crippen molar-refractivity contribution in [1.29, 1.82) is 0 Å². The van der Waals surface area contributed by atoms with E-state index < -0.39 is 26.6 Å². The summed E-state index contributed by atoms with van der Waals surface area (Å²) in [5, 5.41) is 2.68. The summed E-state index contributed by atoms with van der Waals surface area (Å²) >= 11 is 0. The number of halogens is 2. The van der Waals surface area contributed by atoms with Crippen LogP contribution in [0.4, 0.5) is 20.2 Å². The molecule has 0 radical (unpaired) electrons. The molecule has 1 fully saturated rings. The van der Waals surface area contributed by atoms with Crippen LogP contribution in [0.2, 0.25) is 0 Å². The lowest BCUT2D eigenvalue weighted by Crippen LogP contribution is -2.49. The molecule has 1 aliphatic rings. The zero-order chi connectivity index (χ0) is 25.0. The quantitative estimate of drug-likeness (QED) is 0.527. The third kappa shape index (κ3) is 5.28. The fourth-order valence-corrected chi connectivity index (χ4v) is 5.42. The van der Waals surface area contributed by atoms with Crippen molar-refractivity contribution in [2.45, 2.75) is 11.8 Å². The molecule has 7 nitrogen and oxygen atoms in total. The fraction of sp³-hybridized carbons (Fsp3) is 0.240. The van der Waals surface area contributed by atoms with Gasteiger partial charge in [0.25, 0.3) is 5.91 Å². The van der Waals surface area contributed by atoms with Crippen LogP contribution in [0, 0.1) is 11.6 Å². The van der Waals surface area contributed by atoms with Crippen LogP contribution in [-0.4, -0.2) is 51.4 Å². The number of ether oxygens (including phenoxy) is 1. The maximum Gasteiger partial charge on any atom is 0.255 e. The summed E-state index contributed by atoms with van der Waals surface area (Å²) in [5.74, 6) is -1.48. The first-order chi connectivity index (χ1) is 16.8. The molecular formula is C25H25F2N3O4S.